The van der Waals surface area contributed by atoms with Crippen LogP contribution in [0.3, 0.4) is 0 Å². The van der Waals surface area contributed by atoms with Crippen molar-refractivity contribution in [2.75, 3.05) is 13.2 Å². The van der Waals surface area contributed by atoms with Crippen LogP contribution >= 0.6 is 0 Å². The first-order valence-corrected chi connectivity index (χ1v) is 7.64. The van der Waals surface area contributed by atoms with Crippen LogP contribution in [0.1, 0.15) is 0 Å². The highest BCUT2D eigenvalue weighted by Crippen LogP contribution is 2.03. The van der Waals surface area contributed by atoms with Crippen molar-refractivity contribution in [2.24, 2.45) is 0 Å². The van der Waals surface area contributed by atoms with Gasteiger partial charge in [0.05, 0.1) is 13.2 Å². The minimum absolute atomic E-state index is 1.10. The number of carbonyl (C=O) groups excluding carboxylic acids is 1. The van der Waals surface area contributed by atoms with Gasteiger partial charge in [0.2, 0.25) is 0 Å². The summed E-state index contributed by atoms with van der Waals surface area (Å²) in [7, 11) is -9.91. The maximum atomic E-state index is 11.5. The van der Waals surface area contributed by atoms with Crippen molar-refractivity contribution >= 4 is 26.6 Å². The quantitative estimate of drug-likeness (QED) is 0.162. The maximum absolute atomic E-state index is 11.5. The van der Waals surface area contributed by atoms with Crippen molar-refractivity contribution in [1.82, 2.24) is 5.48 Å². The number of carbonyl (C=O) groups is 1. The van der Waals surface area contributed by atoms with Gasteiger partial charge >= 0.3 is 20.8 Å². The van der Waals surface area contributed by atoms with E-state index in [0.29, 0.717) is 0 Å². The van der Waals surface area contributed by atoms with E-state index in [1.165, 1.54) is 5.48 Å². The van der Waals surface area contributed by atoms with E-state index in [4.69, 9.17) is 14.2 Å². The molecule has 0 bridgehead atoms. The van der Waals surface area contributed by atoms with Crippen molar-refractivity contribution in [2.45, 2.75) is 18.2 Å². The smallest absolute Gasteiger partial charge is 0.394 e. The number of hydroxylamine groups is 1. The second-order valence-electron chi connectivity index (χ2n) is 3.49. The number of nitrogens with one attached hydrogen (secondary N) is 1. The predicted molar refractivity (Wildman–Crippen MR) is 61.2 cm³/mol. The average molecular weight is 355 g/mol. The van der Waals surface area contributed by atoms with Gasteiger partial charge in [-0.3, -0.25) is 13.9 Å². The number of Topliss-reactive ketones (excluding diaryl/α,β-unsaturated/α-hetero) is 1. The highest BCUT2D eigenvalue weighted by molar-refractivity contribution is 7.81. The third-order valence-electron chi connectivity index (χ3n) is 1.87. The molecule has 0 aliphatic rings. The zero-order valence-electron chi connectivity index (χ0n) is 10.1. The van der Waals surface area contributed by atoms with Crippen LogP contribution in [0.15, 0.2) is 0 Å². The molecule has 0 aliphatic heterocycles. The molecule has 0 heterocycles. The molecule has 126 valence electrons. The number of aliphatic hydroxyl groups excluding tert-OH is 3. The predicted octanol–water partition coefficient (Wildman–Crippen LogP) is -4.22. The van der Waals surface area contributed by atoms with E-state index in [1.807, 2.05) is 0 Å². The maximum Gasteiger partial charge on any atom is 0.413 e. The lowest BCUT2D eigenvalue weighted by atomic mass is 10.0. The molecule has 6 N–H and O–H groups in total. The highest BCUT2D eigenvalue weighted by Gasteiger charge is 2.32. The summed E-state index contributed by atoms with van der Waals surface area (Å²) >= 11 is 0. The van der Waals surface area contributed by atoms with Gasteiger partial charge in [0.25, 0.3) is 0 Å². The lowest BCUT2D eigenvalue weighted by Gasteiger charge is -2.20. The van der Waals surface area contributed by atoms with E-state index in [9.17, 15) is 31.8 Å². The number of hydrogen-bond donors (Lipinski definition) is 6. The summed E-state index contributed by atoms with van der Waals surface area (Å²) in [4.78, 5) is 11.5. The molecule has 0 saturated carbocycles. The Morgan fingerprint density at radius 3 is 2.00 bits per heavy atom. The number of rotatable bonds is 10. The molecule has 0 saturated heterocycles. The first-order chi connectivity index (χ1) is 9.37. The second kappa shape index (κ2) is 8.03. The first-order valence-electron chi connectivity index (χ1n) is 4.91. The molecule has 0 fully saturated rings. The fraction of sp³-hybridized carbons (Fsp3) is 0.833. The van der Waals surface area contributed by atoms with Crippen LogP contribution in [0.5, 0.6) is 0 Å². The summed E-state index contributed by atoms with van der Waals surface area (Å²) in [6, 6.07) is -1.87. The molecule has 0 rings (SSSR count). The molecular formula is C6H13NO12S2. The third-order valence-corrected chi connectivity index (χ3v) is 2.61. The average Bonchev–Trinajstić information content (AvgIpc) is 2.33. The summed E-state index contributed by atoms with van der Waals surface area (Å²) in [6.45, 7) is -2.29. The lowest BCUT2D eigenvalue weighted by Crippen LogP contribution is -2.50. The summed E-state index contributed by atoms with van der Waals surface area (Å²) < 4.78 is 64.7. The summed E-state index contributed by atoms with van der Waals surface area (Å²) in [6.07, 6.45) is -4.44. The van der Waals surface area contributed by atoms with E-state index in [0.717, 1.165) is 0 Å². The van der Waals surface area contributed by atoms with Gasteiger partial charge in [-0.25, -0.2) is 4.18 Å². The number of hydrogen-bond acceptors (Lipinski definition) is 11. The van der Waals surface area contributed by atoms with Crippen molar-refractivity contribution < 1.29 is 54.5 Å². The van der Waals surface area contributed by atoms with Gasteiger partial charge in [-0.1, -0.05) is 0 Å². The van der Waals surface area contributed by atoms with Crippen LogP contribution in [-0.2, 0) is 34.1 Å². The number of aliphatic hydroxyl groups is 3. The largest absolute Gasteiger partial charge is 0.413 e. The Balaban J connectivity index is 4.64. The third kappa shape index (κ3) is 8.98. The second-order valence-corrected chi connectivity index (χ2v) is 5.60. The van der Waals surface area contributed by atoms with Crippen molar-refractivity contribution in [3.05, 3.63) is 0 Å². The molecule has 15 heteroatoms. The van der Waals surface area contributed by atoms with Gasteiger partial charge in [-0.05, 0) is 0 Å². The molecule has 13 nitrogen and oxygen atoms in total. The van der Waals surface area contributed by atoms with E-state index < -0.39 is 58.0 Å². The topological polar surface area (TPSA) is 217 Å². The lowest BCUT2D eigenvalue weighted by molar-refractivity contribution is -0.139. The Morgan fingerprint density at radius 1 is 1.10 bits per heavy atom. The SMILES string of the molecule is O=C([C@H](CO)NOS(=O)(=O)O)[C@H](O)[C@H](O)COS(=O)(=O)O. The molecule has 0 aromatic heterocycles. The van der Waals surface area contributed by atoms with Crippen LogP contribution in [-0.4, -0.2) is 78.5 Å². The molecule has 21 heavy (non-hydrogen) atoms. The molecule has 0 unspecified atom stereocenters. The number of ketones is 1. The van der Waals surface area contributed by atoms with Gasteiger partial charge < -0.3 is 15.3 Å². The van der Waals surface area contributed by atoms with Crippen molar-refractivity contribution in [3.63, 3.8) is 0 Å². The van der Waals surface area contributed by atoms with Crippen LogP contribution in [0.2, 0.25) is 0 Å². The van der Waals surface area contributed by atoms with Gasteiger partial charge in [-0.15, -0.1) is 0 Å². The summed E-state index contributed by atoms with van der Waals surface area (Å²) in [5.41, 5.74) is 1.40. The summed E-state index contributed by atoms with van der Waals surface area (Å²) in [5.74, 6) is -1.41. The zero-order chi connectivity index (χ0) is 16.8. The standard InChI is InChI=1S/C6H13NO12S2/c8-1-3(7-19-21(15,16)17)5(10)6(11)4(9)2-18-20(12,13)14/h3-4,6-9,11H,1-2H2,(H,12,13,14)(H,15,16,17)/t3-,4+,6+/m0/s1. The fourth-order valence-electron chi connectivity index (χ4n) is 0.947. The molecule has 0 amide bonds. The Bertz CT molecular complexity index is 540. The van der Waals surface area contributed by atoms with Crippen LogP contribution in [0, 0.1) is 0 Å². The molecule has 3 atom stereocenters. The molecule has 0 spiro atoms. The van der Waals surface area contributed by atoms with Gasteiger partial charge in [0.1, 0.15) is 18.2 Å². The van der Waals surface area contributed by atoms with Gasteiger partial charge in [-0.2, -0.15) is 26.6 Å². The molecular weight excluding hydrogens is 342 g/mol. The summed E-state index contributed by atoms with van der Waals surface area (Å²) in [5, 5.41) is 27.4. The zero-order valence-corrected chi connectivity index (χ0v) is 11.7. The molecule has 0 aromatic rings. The van der Waals surface area contributed by atoms with Crippen LogP contribution < -0.4 is 5.48 Å². The van der Waals surface area contributed by atoms with E-state index >= 15 is 0 Å². The van der Waals surface area contributed by atoms with E-state index in [1.54, 1.807) is 0 Å². The van der Waals surface area contributed by atoms with E-state index in [2.05, 4.69) is 8.47 Å². The first kappa shape index (κ1) is 20.2. The monoisotopic (exact) mass is 355 g/mol. The minimum Gasteiger partial charge on any atom is -0.394 e. The van der Waals surface area contributed by atoms with Gasteiger partial charge in [0, 0.05) is 0 Å². The van der Waals surface area contributed by atoms with Crippen LogP contribution in [0.25, 0.3) is 0 Å². The Kier molecular flexibility index (Phi) is 7.75. The van der Waals surface area contributed by atoms with Crippen molar-refractivity contribution in [1.29, 1.82) is 0 Å². The Morgan fingerprint density at radius 2 is 1.62 bits per heavy atom. The normalized spacial score (nSPS) is 17.2. The Hall–Kier alpha value is -0.750. The minimum atomic E-state index is -4.99. The highest BCUT2D eigenvalue weighted by atomic mass is 32.3. The molecule has 0 radical (unpaired) electrons. The Labute approximate surface area is 119 Å². The molecule has 0 aliphatic carbocycles. The fourth-order valence-corrected chi connectivity index (χ4v) is 1.50. The van der Waals surface area contributed by atoms with Crippen molar-refractivity contribution in [3.8, 4) is 0 Å². The van der Waals surface area contributed by atoms with E-state index in [-0.39, 0.29) is 0 Å². The van der Waals surface area contributed by atoms with Gasteiger partial charge in [0.15, 0.2) is 5.78 Å². The van der Waals surface area contributed by atoms with Crippen LogP contribution in [0.4, 0.5) is 0 Å². The molecule has 0 aromatic carbocycles.